The number of ether oxygens (including phenoxy) is 1. The van der Waals surface area contributed by atoms with Crippen LogP contribution in [0, 0.1) is 0 Å². The average Bonchev–Trinajstić information content (AvgIpc) is 3.19. The maximum absolute atomic E-state index is 12.2. The van der Waals surface area contributed by atoms with Gasteiger partial charge in [0.05, 0.1) is 25.1 Å². The summed E-state index contributed by atoms with van der Waals surface area (Å²) >= 11 is 4.69. The highest BCUT2D eigenvalue weighted by Gasteiger charge is 2.14. The van der Waals surface area contributed by atoms with Crippen molar-refractivity contribution in [1.29, 1.82) is 0 Å². The molecule has 1 heterocycles. The summed E-state index contributed by atoms with van der Waals surface area (Å²) in [5, 5.41) is 6.80. The van der Waals surface area contributed by atoms with Crippen LogP contribution in [0.3, 0.4) is 0 Å². The van der Waals surface area contributed by atoms with Gasteiger partial charge < -0.3 is 20.3 Å². The Morgan fingerprint density at radius 3 is 2.63 bits per heavy atom. The molecule has 0 saturated heterocycles. The first-order valence-corrected chi connectivity index (χ1v) is 9.72. The van der Waals surface area contributed by atoms with E-state index < -0.39 is 5.91 Å². The van der Waals surface area contributed by atoms with Crippen molar-refractivity contribution < 1.29 is 19.1 Å². The molecule has 3 amide bonds. The number of halogens is 1. The topological polar surface area (TPSA) is 87.7 Å². The van der Waals surface area contributed by atoms with Gasteiger partial charge in [-0.1, -0.05) is 22.0 Å². The predicted octanol–water partition coefficient (Wildman–Crippen LogP) is 2.02. The highest BCUT2D eigenvalue weighted by Crippen LogP contribution is 2.24. The third-order valence-corrected chi connectivity index (χ3v) is 5.03. The van der Waals surface area contributed by atoms with E-state index in [0.717, 1.165) is 10.0 Å². The first-order valence-electron chi connectivity index (χ1n) is 8.05. The van der Waals surface area contributed by atoms with Gasteiger partial charge in [-0.2, -0.15) is 0 Å². The molecule has 0 saturated carbocycles. The first-order chi connectivity index (χ1) is 12.9. The van der Waals surface area contributed by atoms with Gasteiger partial charge in [0.2, 0.25) is 11.8 Å². The Balaban J connectivity index is 1.78. The minimum atomic E-state index is -0.429. The molecule has 0 spiro atoms. The highest BCUT2D eigenvalue weighted by molar-refractivity contribution is 9.10. The smallest absolute Gasteiger partial charge is 0.261 e. The number of hydrogen-bond donors (Lipinski definition) is 2. The Hall–Kier alpha value is -2.39. The number of methoxy groups -OCH3 is 1. The lowest BCUT2D eigenvalue weighted by Crippen LogP contribution is -2.42. The molecule has 0 unspecified atom stereocenters. The van der Waals surface area contributed by atoms with Crippen molar-refractivity contribution in [3.05, 3.63) is 50.6 Å². The van der Waals surface area contributed by atoms with Crippen molar-refractivity contribution in [1.82, 2.24) is 15.5 Å². The van der Waals surface area contributed by atoms with E-state index in [1.54, 1.807) is 31.7 Å². The molecule has 0 radical (unpaired) electrons. The monoisotopic (exact) mass is 453 g/mol. The summed E-state index contributed by atoms with van der Waals surface area (Å²) in [4.78, 5) is 37.9. The molecule has 0 bridgehead atoms. The summed E-state index contributed by atoms with van der Waals surface area (Å²) in [5.41, 5.74) is 0.845. The van der Waals surface area contributed by atoms with Crippen LogP contribution in [-0.4, -0.2) is 49.9 Å². The number of nitrogens with one attached hydrogen (secondary N) is 2. The van der Waals surface area contributed by atoms with E-state index in [1.807, 2.05) is 18.2 Å². The molecule has 0 aliphatic heterocycles. The highest BCUT2D eigenvalue weighted by atomic mass is 79.9. The van der Waals surface area contributed by atoms with Crippen molar-refractivity contribution in [3.63, 3.8) is 0 Å². The number of nitrogens with zero attached hydrogens (tertiary/aromatic N) is 1. The van der Waals surface area contributed by atoms with E-state index in [9.17, 15) is 14.4 Å². The molecule has 0 fully saturated rings. The quantitative estimate of drug-likeness (QED) is 0.639. The van der Waals surface area contributed by atoms with Crippen LogP contribution in [0.1, 0.15) is 15.2 Å². The third-order valence-electron chi connectivity index (χ3n) is 3.67. The lowest BCUT2D eigenvalue weighted by atomic mass is 10.2. The predicted molar refractivity (Wildman–Crippen MR) is 107 cm³/mol. The van der Waals surface area contributed by atoms with Crippen LogP contribution < -0.4 is 15.4 Å². The number of hydrogen-bond acceptors (Lipinski definition) is 5. The molecule has 1 aromatic heterocycles. The number of carbonyl (C=O) groups is 3. The number of likely N-dealkylation sites (N-methyl/N-ethyl adjacent to an activating group) is 1. The van der Waals surface area contributed by atoms with Gasteiger partial charge >= 0.3 is 0 Å². The second-order valence-corrected chi connectivity index (χ2v) is 7.51. The van der Waals surface area contributed by atoms with E-state index >= 15 is 0 Å². The van der Waals surface area contributed by atoms with Crippen molar-refractivity contribution in [2.75, 3.05) is 27.2 Å². The number of benzene rings is 1. The van der Waals surface area contributed by atoms with Crippen molar-refractivity contribution in [3.8, 4) is 5.75 Å². The van der Waals surface area contributed by atoms with E-state index in [1.165, 1.54) is 16.2 Å². The van der Waals surface area contributed by atoms with Crippen molar-refractivity contribution >= 4 is 45.0 Å². The zero-order valence-corrected chi connectivity index (χ0v) is 17.4. The number of amides is 3. The van der Waals surface area contributed by atoms with Crippen LogP contribution >= 0.6 is 27.3 Å². The zero-order chi connectivity index (χ0) is 19.8. The van der Waals surface area contributed by atoms with Gasteiger partial charge in [-0.25, -0.2) is 0 Å². The van der Waals surface area contributed by atoms with Gasteiger partial charge in [-0.05, 0) is 29.6 Å². The van der Waals surface area contributed by atoms with Gasteiger partial charge in [0.15, 0.2) is 0 Å². The molecule has 7 nitrogen and oxygen atoms in total. The Morgan fingerprint density at radius 1 is 1.19 bits per heavy atom. The fraction of sp³-hybridized carbons (Fsp3) is 0.278. The first kappa shape index (κ1) is 20.9. The van der Waals surface area contributed by atoms with Gasteiger partial charge in [0.25, 0.3) is 5.91 Å². The van der Waals surface area contributed by atoms with E-state index in [-0.39, 0.29) is 24.9 Å². The molecule has 0 atom stereocenters. The Bertz CT molecular complexity index is 811. The number of carbonyl (C=O) groups excluding carboxylic acids is 3. The van der Waals surface area contributed by atoms with Crippen molar-refractivity contribution in [2.24, 2.45) is 0 Å². The fourth-order valence-electron chi connectivity index (χ4n) is 2.24. The van der Waals surface area contributed by atoms with Gasteiger partial charge in [-0.15, -0.1) is 11.3 Å². The third kappa shape index (κ3) is 6.37. The molecular formula is C18H20BrN3O4S. The molecule has 27 heavy (non-hydrogen) atoms. The standard InChI is InChI=1S/C18H20BrN3O4S/c1-22(11-12-8-13(19)5-6-14(12)26-2)17(24)10-20-16(23)9-21-18(25)15-4-3-7-27-15/h3-8H,9-11H2,1-2H3,(H,20,23)(H,21,25). The largest absolute Gasteiger partial charge is 0.496 e. The molecule has 2 aromatic rings. The SMILES string of the molecule is COc1ccc(Br)cc1CN(C)C(=O)CNC(=O)CNC(=O)c1cccs1. The Kier molecular flexibility index (Phi) is 7.81. The molecule has 2 N–H and O–H groups in total. The zero-order valence-electron chi connectivity index (χ0n) is 15.0. The molecule has 2 rings (SSSR count). The second-order valence-electron chi connectivity index (χ2n) is 5.64. The van der Waals surface area contributed by atoms with Crippen LogP contribution in [-0.2, 0) is 16.1 Å². The second kappa shape index (κ2) is 10.1. The summed E-state index contributed by atoms with van der Waals surface area (Å²) in [6, 6.07) is 8.98. The van der Waals surface area contributed by atoms with Crippen LogP contribution in [0.5, 0.6) is 5.75 Å². The molecule has 144 valence electrons. The van der Waals surface area contributed by atoms with Crippen LogP contribution in [0.25, 0.3) is 0 Å². The van der Waals surface area contributed by atoms with Gasteiger partial charge in [0.1, 0.15) is 5.75 Å². The van der Waals surface area contributed by atoms with Crippen LogP contribution in [0.2, 0.25) is 0 Å². The lowest BCUT2D eigenvalue weighted by Gasteiger charge is -2.19. The van der Waals surface area contributed by atoms with Crippen LogP contribution in [0.4, 0.5) is 0 Å². The van der Waals surface area contributed by atoms with Crippen molar-refractivity contribution in [2.45, 2.75) is 6.54 Å². The Morgan fingerprint density at radius 2 is 1.96 bits per heavy atom. The summed E-state index contributed by atoms with van der Waals surface area (Å²) < 4.78 is 6.18. The molecular weight excluding hydrogens is 434 g/mol. The Labute approximate surface area is 169 Å². The fourth-order valence-corrected chi connectivity index (χ4v) is 3.29. The summed E-state index contributed by atoms with van der Waals surface area (Å²) in [6.45, 7) is 0.000137. The maximum Gasteiger partial charge on any atom is 0.261 e. The minimum absolute atomic E-state index is 0.152. The van der Waals surface area contributed by atoms with Gasteiger partial charge in [-0.3, -0.25) is 14.4 Å². The summed E-state index contributed by atoms with van der Waals surface area (Å²) in [5.74, 6) is -0.319. The molecule has 0 aliphatic rings. The molecule has 0 aliphatic carbocycles. The molecule has 1 aromatic carbocycles. The molecule has 9 heteroatoms. The van der Waals surface area contributed by atoms with E-state index in [4.69, 9.17) is 4.74 Å². The maximum atomic E-state index is 12.2. The van der Waals surface area contributed by atoms with E-state index in [2.05, 4.69) is 26.6 Å². The van der Waals surface area contributed by atoms with Gasteiger partial charge in [0, 0.05) is 23.6 Å². The number of thiophene rings is 1. The lowest BCUT2D eigenvalue weighted by molar-refractivity contribution is -0.132. The van der Waals surface area contributed by atoms with E-state index in [0.29, 0.717) is 17.2 Å². The average molecular weight is 454 g/mol. The number of rotatable bonds is 8. The minimum Gasteiger partial charge on any atom is -0.496 e. The van der Waals surface area contributed by atoms with Crippen LogP contribution in [0.15, 0.2) is 40.2 Å². The normalized spacial score (nSPS) is 10.2. The summed E-state index contributed by atoms with van der Waals surface area (Å²) in [6.07, 6.45) is 0. The summed E-state index contributed by atoms with van der Waals surface area (Å²) in [7, 11) is 3.21.